The van der Waals surface area contributed by atoms with Gasteiger partial charge in [-0.3, -0.25) is 5.32 Å². The third kappa shape index (κ3) is 3.44. The highest BCUT2D eigenvalue weighted by Crippen LogP contribution is 2.30. The third-order valence-corrected chi connectivity index (χ3v) is 5.03. The minimum atomic E-state index is -0.114. The van der Waals surface area contributed by atoms with Gasteiger partial charge in [0.1, 0.15) is 11.8 Å². The predicted molar refractivity (Wildman–Crippen MR) is 87.4 cm³/mol. The van der Waals surface area contributed by atoms with E-state index in [9.17, 15) is 0 Å². The fourth-order valence-electron chi connectivity index (χ4n) is 2.75. The first-order valence-electron chi connectivity index (χ1n) is 7.55. The van der Waals surface area contributed by atoms with Crippen LogP contribution in [0.15, 0.2) is 28.8 Å². The molecular weight excluding hydrogens is 298 g/mol. The molecule has 5 nitrogen and oxygen atoms in total. The highest BCUT2D eigenvalue weighted by atomic mass is 32.2. The Morgan fingerprint density at radius 1 is 1.41 bits per heavy atom. The Morgan fingerprint density at radius 3 is 2.95 bits per heavy atom. The molecule has 2 atom stereocenters. The zero-order valence-corrected chi connectivity index (χ0v) is 13.7. The lowest BCUT2D eigenvalue weighted by Crippen LogP contribution is -2.37. The number of aromatic nitrogens is 2. The first-order chi connectivity index (χ1) is 10.8. The monoisotopic (exact) mass is 319 g/mol. The molecule has 1 fully saturated rings. The number of aryl methyl sites for hydroxylation is 1. The standard InChI is InChI=1S/C16H21N3O2S/c1-11-17-16(19-21-11)15(18-12-6-5-9-22-10-12)13-7-3-4-8-14(13)20-2/h3-4,7-8,12,15,18H,5-6,9-10H2,1-2H3/t12-,15-/m1/s1. The molecule has 1 aliphatic rings. The smallest absolute Gasteiger partial charge is 0.223 e. The number of thioether (sulfide) groups is 1. The first kappa shape index (κ1) is 15.4. The van der Waals surface area contributed by atoms with E-state index in [4.69, 9.17) is 9.26 Å². The second-order valence-corrected chi connectivity index (χ2v) is 6.58. The lowest BCUT2D eigenvalue weighted by Gasteiger charge is -2.27. The highest BCUT2D eigenvalue weighted by molar-refractivity contribution is 7.99. The molecule has 0 aliphatic carbocycles. The summed E-state index contributed by atoms with van der Waals surface area (Å²) in [5.74, 6) is 4.44. The predicted octanol–water partition coefficient (Wildman–Crippen LogP) is 2.96. The van der Waals surface area contributed by atoms with Gasteiger partial charge in [-0.25, -0.2) is 0 Å². The molecule has 0 amide bonds. The van der Waals surface area contributed by atoms with E-state index in [0.29, 0.717) is 17.8 Å². The van der Waals surface area contributed by atoms with Crippen LogP contribution in [-0.2, 0) is 0 Å². The molecule has 118 valence electrons. The number of nitrogens with zero attached hydrogens (tertiary/aromatic N) is 2. The Labute approximate surface area is 134 Å². The topological polar surface area (TPSA) is 60.2 Å². The molecule has 1 aromatic carbocycles. The summed E-state index contributed by atoms with van der Waals surface area (Å²) in [5.41, 5.74) is 1.04. The minimum absolute atomic E-state index is 0.114. The summed E-state index contributed by atoms with van der Waals surface area (Å²) in [4.78, 5) is 4.43. The van der Waals surface area contributed by atoms with Gasteiger partial charge in [-0.05, 0) is 24.7 Å². The molecule has 0 spiro atoms. The Hall–Kier alpha value is -1.53. The van der Waals surface area contributed by atoms with E-state index in [-0.39, 0.29) is 6.04 Å². The molecule has 1 aromatic heterocycles. The van der Waals surface area contributed by atoms with Gasteiger partial charge in [0.15, 0.2) is 5.82 Å². The number of ether oxygens (including phenoxy) is 1. The van der Waals surface area contributed by atoms with Crippen LogP contribution in [-0.4, -0.2) is 34.8 Å². The molecule has 2 aromatic rings. The molecule has 1 saturated heterocycles. The van der Waals surface area contributed by atoms with E-state index in [2.05, 4.69) is 21.5 Å². The van der Waals surface area contributed by atoms with E-state index in [1.807, 2.05) is 36.9 Å². The number of hydrogen-bond acceptors (Lipinski definition) is 6. The van der Waals surface area contributed by atoms with Crippen molar-refractivity contribution in [2.75, 3.05) is 18.6 Å². The molecule has 1 aliphatic heterocycles. The molecule has 2 heterocycles. The van der Waals surface area contributed by atoms with Crippen LogP contribution in [0.3, 0.4) is 0 Å². The van der Waals surface area contributed by atoms with E-state index in [1.54, 1.807) is 7.11 Å². The number of benzene rings is 1. The summed E-state index contributed by atoms with van der Waals surface area (Å²) in [5, 5.41) is 7.81. The van der Waals surface area contributed by atoms with Crippen LogP contribution in [0, 0.1) is 6.92 Å². The van der Waals surface area contributed by atoms with Crippen LogP contribution < -0.4 is 10.1 Å². The molecule has 1 N–H and O–H groups in total. The summed E-state index contributed by atoms with van der Waals surface area (Å²) in [6, 6.07) is 8.33. The Morgan fingerprint density at radius 2 is 2.27 bits per heavy atom. The van der Waals surface area contributed by atoms with Crippen molar-refractivity contribution in [1.82, 2.24) is 15.5 Å². The quantitative estimate of drug-likeness (QED) is 0.914. The van der Waals surface area contributed by atoms with Gasteiger partial charge >= 0.3 is 0 Å². The third-order valence-electron chi connectivity index (χ3n) is 3.81. The fourth-order valence-corrected chi connectivity index (χ4v) is 3.83. The molecule has 0 radical (unpaired) electrons. The number of para-hydroxylation sites is 1. The fraction of sp³-hybridized carbons (Fsp3) is 0.500. The van der Waals surface area contributed by atoms with Crippen molar-refractivity contribution in [2.45, 2.75) is 31.8 Å². The van der Waals surface area contributed by atoms with Gasteiger partial charge < -0.3 is 9.26 Å². The number of hydrogen-bond donors (Lipinski definition) is 1. The molecule has 6 heteroatoms. The van der Waals surface area contributed by atoms with Gasteiger partial charge in [-0.2, -0.15) is 16.7 Å². The SMILES string of the molecule is COc1ccccc1[C@@H](N[C@@H]1CCCSC1)c1noc(C)n1. The molecule has 22 heavy (non-hydrogen) atoms. The number of methoxy groups -OCH3 is 1. The highest BCUT2D eigenvalue weighted by Gasteiger charge is 2.26. The van der Waals surface area contributed by atoms with Crippen molar-refractivity contribution in [1.29, 1.82) is 0 Å². The van der Waals surface area contributed by atoms with E-state index < -0.39 is 0 Å². The number of rotatable bonds is 5. The van der Waals surface area contributed by atoms with Gasteiger partial charge in [-0.1, -0.05) is 23.4 Å². The second kappa shape index (κ2) is 7.15. The van der Waals surface area contributed by atoms with Crippen molar-refractivity contribution in [3.63, 3.8) is 0 Å². The summed E-state index contributed by atoms with van der Waals surface area (Å²) in [6.07, 6.45) is 2.42. The van der Waals surface area contributed by atoms with Crippen LogP contribution in [0.1, 0.15) is 36.2 Å². The number of nitrogens with one attached hydrogen (secondary N) is 1. The van der Waals surface area contributed by atoms with Crippen molar-refractivity contribution >= 4 is 11.8 Å². The van der Waals surface area contributed by atoms with Crippen LogP contribution in [0.4, 0.5) is 0 Å². The van der Waals surface area contributed by atoms with E-state index in [0.717, 1.165) is 17.1 Å². The Balaban J connectivity index is 1.91. The van der Waals surface area contributed by atoms with Crippen LogP contribution in [0.5, 0.6) is 5.75 Å². The Bertz CT molecular complexity index is 611. The molecule has 0 saturated carbocycles. The maximum absolute atomic E-state index is 5.51. The maximum atomic E-state index is 5.51. The molecule has 3 rings (SSSR count). The summed E-state index contributed by atoms with van der Waals surface area (Å²) < 4.78 is 10.7. The van der Waals surface area contributed by atoms with Crippen LogP contribution in [0.2, 0.25) is 0 Å². The lowest BCUT2D eigenvalue weighted by atomic mass is 10.0. The average molecular weight is 319 g/mol. The molecular formula is C16H21N3O2S. The zero-order chi connectivity index (χ0) is 15.4. The van der Waals surface area contributed by atoms with Crippen molar-refractivity contribution in [2.24, 2.45) is 0 Å². The van der Waals surface area contributed by atoms with E-state index >= 15 is 0 Å². The van der Waals surface area contributed by atoms with Gasteiger partial charge in [0.05, 0.1) is 7.11 Å². The Kier molecular flexibility index (Phi) is 5.00. The maximum Gasteiger partial charge on any atom is 0.223 e. The van der Waals surface area contributed by atoms with E-state index in [1.165, 1.54) is 18.6 Å². The lowest BCUT2D eigenvalue weighted by molar-refractivity contribution is 0.369. The zero-order valence-electron chi connectivity index (χ0n) is 12.9. The average Bonchev–Trinajstić information content (AvgIpc) is 3.00. The van der Waals surface area contributed by atoms with Gasteiger partial charge in [0, 0.05) is 24.3 Å². The normalized spacial score (nSPS) is 19.8. The first-order valence-corrected chi connectivity index (χ1v) is 8.70. The van der Waals surface area contributed by atoms with Crippen LogP contribution >= 0.6 is 11.8 Å². The van der Waals surface area contributed by atoms with Gasteiger partial charge in [0.25, 0.3) is 0 Å². The van der Waals surface area contributed by atoms with Gasteiger partial charge in [-0.15, -0.1) is 0 Å². The van der Waals surface area contributed by atoms with Gasteiger partial charge in [0.2, 0.25) is 5.89 Å². The summed E-state index contributed by atoms with van der Waals surface area (Å²) in [6.45, 7) is 1.81. The largest absolute Gasteiger partial charge is 0.496 e. The minimum Gasteiger partial charge on any atom is -0.496 e. The van der Waals surface area contributed by atoms with Crippen molar-refractivity contribution in [3.8, 4) is 5.75 Å². The van der Waals surface area contributed by atoms with Crippen LogP contribution in [0.25, 0.3) is 0 Å². The van der Waals surface area contributed by atoms with Crippen molar-refractivity contribution < 1.29 is 9.26 Å². The molecule has 0 unspecified atom stereocenters. The molecule has 0 bridgehead atoms. The van der Waals surface area contributed by atoms with Crippen molar-refractivity contribution in [3.05, 3.63) is 41.5 Å². The second-order valence-electron chi connectivity index (χ2n) is 5.43. The summed E-state index contributed by atoms with van der Waals surface area (Å²) in [7, 11) is 1.69. The summed E-state index contributed by atoms with van der Waals surface area (Å²) >= 11 is 1.99.